The van der Waals surface area contributed by atoms with Gasteiger partial charge < -0.3 is 9.42 Å². The first-order chi connectivity index (χ1) is 13.9. The van der Waals surface area contributed by atoms with E-state index in [9.17, 15) is 17.6 Å². The van der Waals surface area contributed by atoms with E-state index in [1.54, 1.807) is 12.1 Å². The lowest BCUT2D eigenvalue weighted by atomic mass is 10.1. The fourth-order valence-corrected chi connectivity index (χ4v) is 3.36. The minimum absolute atomic E-state index is 0.308. The van der Waals surface area contributed by atoms with Crippen LogP contribution in [0.15, 0.2) is 59.1 Å². The molecular formula is C21H19F4N3O. The van der Waals surface area contributed by atoms with Gasteiger partial charge in [0, 0.05) is 44.4 Å². The molecule has 0 atom stereocenters. The highest BCUT2D eigenvalue weighted by Gasteiger charge is 2.30. The minimum atomic E-state index is -4.31. The van der Waals surface area contributed by atoms with Crippen molar-refractivity contribution in [2.24, 2.45) is 0 Å². The normalized spacial score (nSPS) is 15.7. The number of halogens is 4. The van der Waals surface area contributed by atoms with Gasteiger partial charge in [-0.25, -0.2) is 4.39 Å². The molecule has 29 heavy (non-hydrogen) atoms. The summed E-state index contributed by atoms with van der Waals surface area (Å²) in [6.45, 7) is 3.59. The van der Waals surface area contributed by atoms with Gasteiger partial charge in [0.25, 0.3) is 0 Å². The van der Waals surface area contributed by atoms with Crippen LogP contribution in [0.25, 0.3) is 11.3 Å². The molecule has 0 unspecified atom stereocenters. The van der Waals surface area contributed by atoms with Gasteiger partial charge >= 0.3 is 6.18 Å². The van der Waals surface area contributed by atoms with Gasteiger partial charge in [-0.15, -0.1) is 0 Å². The van der Waals surface area contributed by atoms with E-state index in [2.05, 4.69) is 15.0 Å². The maximum absolute atomic E-state index is 13.1. The second-order valence-electron chi connectivity index (χ2n) is 7.01. The Bertz CT molecular complexity index is 943. The van der Waals surface area contributed by atoms with E-state index < -0.39 is 11.7 Å². The Labute approximate surface area is 165 Å². The number of alkyl halides is 3. The van der Waals surface area contributed by atoms with Gasteiger partial charge in [-0.2, -0.15) is 13.2 Å². The van der Waals surface area contributed by atoms with Crippen LogP contribution in [-0.2, 0) is 12.7 Å². The smallest absolute Gasteiger partial charge is 0.354 e. The molecule has 152 valence electrons. The molecule has 1 aliphatic heterocycles. The highest BCUT2D eigenvalue weighted by molar-refractivity contribution is 5.61. The van der Waals surface area contributed by atoms with E-state index in [0.717, 1.165) is 55.3 Å². The molecule has 2 aromatic carbocycles. The number of hydrogen-bond donors (Lipinski definition) is 0. The van der Waals surface area contributed by atoms with Crippen LogP contribution in [0.4, 0.5) is 23.4 Å². The lowest BCUT2D eigenvalue weighted by molar-refractivity contribution is -0.137. The Balaban J connectivity index is 1.33. The number of benzene rings is 2. The third-order valence-corrected chi connectivity index (χ3v) is 5.01. The molecule has 0 bridgehead atoms. The SMILES string of the molecule is Fc1ccc(-c2cc(N3CCN(Cc4ccc(C(F)(F)F)cc4)CC3)no2)cc1. The number of aromatic nitrogens is 1. The zero-order valence-corrected chi connectivity index (χ0v) is 15.5. The number of nitrogens with zero attached hydrogens (tertiary/aromatic N) is 3. The first kappa shape index (κ1) is 19.4. The fraction of sp³-hybridized carbons (Fsp3) is 0.286. The summed E-state index contributed by atoms with van der Waals surface area (Å²) < 4.78 is 56.4. The van der Waals surface area contributed by atoms with Crippen LogP contribution in [0.1, 0.15) is 11.1 Å². The third-order valence-electron chi connectivity index (χ3n) is 5.01. The number of piperazine rings is 1. The molecule has 0 spiro atoms. The largest absolute Gasteiger partial charge is 0.416 e. The van der Waals surface area contributed by atoms with Crippen molar-refractivity contribution in [1.29, 1.82) is 0 Å². The molecule has 4 rings (SSSR count). The molecule has 8 heteroatoms. The molecular weight excluding hydrogens is 386 g/mol. The van der Waals surface area contributed by atoms with E-state index in [0.29, 0.717) is 12.3 Å². The molecule has 1 saturated heterocycles. The first-order valence-electron chi connectivity index (χ1n) is 9.24. The second kappa shape index (κ2) is 7.87. The van der Waals surface area contributed by atoms with Crippen molar-refractivity contribution in [2.75, 3.05) is 31.1 Å². The highest BCUT2D eigenvalue weighted by atomic mass is 19.4. The van der Waals surface area contributed by atoms with Crippen molar-refractivity contribution in [3.63, 3.8) is 0 Å². The number of rotatable bonds is 4. The summed E-state index contributed by atoms with van der Waals surface area (Å²) in [5.41, 5.74) is 0.978. The summed E-state index contributed by atoms with van der Waals surface area (Å²) in [7, 11) is 0. The summed E-state index contributed by atoms with van der Waals surface area (Å²) in [5.74, 6) is 0.989. The van der Waals surface area contributed by atoms with Gasteiger partial charge in [-0.05, 0) is 42.0 Å². The molecule has 2 heterocycles. The Hall–Kier alpha value is -2.87. The molecule has 0 N–H and O–H groups in total. The zero-order chi connectivity index (χ0) is 20.4. The Morgan fingerprint density at radius 3 is 2.17 bits per heavy atom. The van der Waals surface area contributed by atoms with Crippen LogP contribution < -0.4 is 4.90 Å². The molecule has 4 nitrogen and oxygen atoms in total. The summed E-state index contributed by atoms with van der Waals surface area (Å²) in [6, 6.07) is 13.2. The lowest BCUT2D eigenvalue weighted by Gasteiger charge is -2.34. The number of hydrogen-bond acceptors (Lipinski definition) is 4. The molecule has 1 aromatic heterocycles. The van der Waals surface area contributed by atoms with E-state index in [-0.39, 0.29) is 5.82 Å². The highest BCUT2D eigenvalue weighted by Crippen LogP contribution is 2.29. The standard InChI is InChI=1S/C21H19F4N3O/c22-18-7-3-16(4-8-18)19-13-20(26-29-19)28-11-9-27(10-12-28)14-15-1-5-17(6-2-15)21(23,24)25/h1-8,13H,9-12,14H2. The van der Waals surface area contributed by atoms with Gasteiger partial charge in [-0.3, -0.25) is 4.90 Å². The number of anilines is 1. The summed E-state index contributed by atoms with van der Waals surface area (Å²) >= 11 is 0. The van der Waals surface area contributed by atoms with Crippen molar-refractivity contribution < 1.29 is 22.1 Å². The van der Waals surface area contributed by atoms with Gasteiger partial charge in [-0.1, -0.05) is 17.3 Å². The Kier molecular flexibility index (Phi) is 5.27. The summed E-state index contributed by atoms with van der Waals surface area (Å²) in [6.07, 6.45) is -4.31. The topological polar surface area (TPSA) is 32.5 Å². The van der Waals surface area contributed by atoms with Gasteiger partial charge in [0.1, 0.15) is 5.82 Å². The summed E-state index contributed by atoms with van der Waals surface area (Å²) in [5, 5.41) is 4.11. The van der Waals surface area contributed by atoms with Crippen molar-refractivity contribution >= 4 is 5.82 Å². The predicted molar refractivity (Wildman–Crippen MR) is 101 cm³/mol. The monoisotopic (exact) mass is 405 g/mol. The molecule has 0 saturated carbocycles. The van der Waals surface area contributed by atoms with E-state index >= 15 is 0 Å². The van der Waals surface area contributed by atoms with Crippen LogP contribution in [0.2, 0.25) is 0 Å². The molecule has 1 aliphatic rings. The Morgan fingerprint density at radius 2 is 1.55 bits per heavy atom. The molecule has 0 amide bonds. The van der Waals surface area contributed by atoms with Gasteiger partial charge in [0.2, 0.25) is 0 Å². The quantitative estimate of drug-likeness (QED) is 0.583. The fourth-order valence-electron chi connectivity index (χ4n) is 3.36. The van der Waals surface area contributed by atoms with Crippen molar-refractivity contribution in [3.8, 4) is 11.3 Å². The maximum Gasteiger partial charge on any atom is 0.416 e. The molecule has 1 fully saturated rings. The second-order valence-corrected chi connectivity index (χ2v) is 7.01. The van der Waals surface area contributed by atoms with Crippen molar-refractivity contribution in [2.45, 2.75) is 12.7 Å². The van der Waals surface area contributed by atoms with Crippen LogP contribution in [-0.4, -0.2) is 36.2 Å². The minimum Gasteiger partial charge on any atom is -0.354 e. The first-order valence-corrected chi connectivity index (χ1v) is 9.24. The third kappa shape index (κ3) is 4.59. The zero-order valence-electron chi connectivity index (χ0n) is 15.5. The summed E-state index contributed by atoms with van der Waals surface area (Å²) in [4.78, 5) is 4.29. The van der Waals surface area contributed by atoms with Crippen LogP contribution in [0.3, 0.4) is 0 Å². The molecule has 0 aliphatic carbocycles. The van der Waals surface area contributed by atoms with Crippen LogP contribution >= 0.6 is 0 Å². The average molecular weight is 405 g/mol. The predicted octanol–water partition coefficient (Wildman–Crippen LogP) is 4.82. The average Bonchev–Trinajstić information content (AvgIpc) is 3.19. The lowest BCUT2D eigenvalue weighted by Crippen LogP contribution is -2.46. The van der Waals surface area contributed by atoms with Crippen molar-refractivity contribution in [1.82, 2.24) is 10.1 Å². The van der Waals surface area contributed by atoms with Gasteiger partial charge in [0.05, 0.1) is 5.56 Å². The molecule has 0 radical (unpaired) electrons. The molecule has 3 aromatic rings. The van der Waals surface area contributed by atoms with Crippen LogP contribution in [0.5, 0.6) is 0 Å². The van der Waals surface area contributed by atoms with E-state index in [4.69, 9.17) is 4.52 Å². The van der Waals surface area contributed by atoms with Gasteiger partial charge in [0.15, 0.2) is 11.6 Å². The maximum atomic E-state index is 13.1. The Morgan fingerprint density at radius 1 is 0.897 bits per heavy atom. The van der Waals surface area contributed by atoms with Crippen LogP contribution in [0, 0.1) is 5.82 Å². The van der Waals surface area contributed by atoms with E-state index in [1.807, 2.05) is 6.07 Å². The van der Waals surface area contributed by atoms with E-state index in [1.165, 1.54) is 24.3 Å². The van der Waals surface area contributed by atoms with Crippen molar-refractivity contribution in [3.05, 3.63) is 71.5 Å².